The van der Waals surface area contributed by atoms with Gasteiger partial charge in [-0.3, -0.25) is 9.59 Å². The molecule has 1 fully saturated rings. The molecule has 0 spiro atoms. The average molecular weight is 304 g/mol. The molecule has 1 unspecified atom stereocenters. The summed E-state index contributed by atoms with van der Waals surface area (Å²) < 4.78 is 5.01. The van der Waals surface area contributed by atoms with E-state index in [1.165, 1.54) is 0 Å². The van der Waals surface area contributed by atoms with Crippen LogP contribution in [0.5, 0.6) is 0 Å². The second-order valence-corrected chi connectivity index (χ2v) is 5.32. The molecule has 1 rings (SSSR count). The molecule has 0 aromatic heterocycles. The molecule has 1 amide bonds. The summed E-state index contributed by atoms with van der Waals surface area (Å²) in [4.78, 5) is 22.3. The third-order valence-corrected chi connectivity index (χ3v) is 4.33. The average Bonchev–Trinajstić information content (AvgIpc) is 2.35. The van der Waals surface area contributed by atoms with Crippen molar-refractivity contribution in [2.45, 2.75) is 30.5 Å². The van der Waals surface area contributed by atoms with E-state index in [1.54, 1.807) is 6.08 Å². The summed E-state index contributed by atoms with van der Waals surface area (Å²) in [7, 11) is 0. The molecule has 0 aromatic carbocycles. The Balaban J connectivity index is 2.37. The molecule has 0 bridgehead atoms. The number of alkyl halides is 1. The number of halogens is 1. The van der Waals surface area contributed by atoms with E-state index in [0.29, 0.717) is 0 Å². The molecule has 0 aromatic rings. The molecule has 5 heteroatoms. The molecule has 1 saturated carbocycles. The fourth-order valence-electron chi connectivity index (χ4n) is 2.14. The Morgan fingerprint density at radius 1 is 1.41 bits per heavy atom. The van der Waals surface area contributed by atoms with Crippen LogP contribution in [0.15, 0.2) is 12.7 Å². The minimum absolute atomic E-state index is 0.0428. The first kappa shape index (κ1) is 14.2. The fraction of sp³-hybridized carbons (Fsp3) is 0.667. The maximum atomic E-state index is 11.6. The van der Waals surface area contributed by atoms with Gasteiger partial charge in [0.1, 0.15) is 6.61 Å². The number of carbonyl (C=O) groups excluding carboxylic acids is 2. The quantitative estimate of drug-likeness (QED) is 0.478. The number of carbonyl (C=O) groups is 2. The first-order valence-corrected chi connectivity index (χ1v) is 6.68. The molecule has 4 nitrogen and oxygen atoms in total. The molecule has 1 aliphatic carbocycles. The monoisotopic (exact) mass is 303 g/mol. The maximum Gasteiger partial charge on any atom is 0.309 e. The first-order valence-electron chi connectivity index (χ1n) is 5.77. The topological polar surface area (TPSA) is 69.4 Å². The highest BCUT2D eigenvalue weighted by Gasteiger charge is 2.32. The van der Waals surface area contributed by atoms with Crippen molar-refractivity contribution in [3.05, 3.63) is 12.7 Å². The van der Waals surface area contributed by atoms with E-state index < -0.39 is 0 Å². The maximum absolute atomic E-state index is 11.6. The van der Waals surface area contributed by atoms with Gasteiger partial charge in [-0.2, -0.15) is 0 Å². The van der Waals surface area contributed by atoms with Gasteiger partial charge in [0.2, 0.25) is 5.91 Å². The molecule has 0 aliphatic heterocycles. The number of hydrogen-bond donors (Lipinski definition) is 1. The van der Waals surface area contributed by atoms with E-state index in [2.05, 4.69) is 22.5 Å². The van der Waals surface area contributed by atoms with E-state index in [-0.39, 0.29) is 35.1 Å². The predicted octanol–water partition coefficient (Wildman–Crippen LogP) is 1.77. The smallest absolute Gasteiger partial charge is 0.309 e. The lowest BCUT2D eigenvalue weighted by Crippen LogP contribution is -2.34. The first-order chi connectivity index (χ1) is 8.06. The number of esters is 1. The molecular weight excluding hydrogens is 286 g/mol. The SMILES string of the molecule is C=CCOC(=O)C1CCC(C(Br)C(N)=O)CC1. The molecule has 0 heterocycles. The second-order valence-electron chi connectivity index (χ2n) is 4.33. The summed E-state index contributed by atoms with van der Waals surface area (Å²) in [5.74, 6) is -0.300. The number of amides is 1. The van der Waals surface area contributed by atoms with Crippen molar-refractivity contribution in [3.8, 4) is 0 Å². The number of rotatable bonds is 5. The van der Waals surface area contributed by atoms with Gasteiger partial charge in [-0.15, -0.1) is 0 Å². The Labute approximate surface area is 110 Å². The van der Waals surface area contributed by atoms with Crippen LogP contribution < -0.4 is 5.73 Å². The lowest BCUT2D eigenvalue weighted by Gasteiger charge is -2.28. The third-order valence-electron chi connectivity index (χ3n) is 3.13. The van der Waals surface area contributed by atoms with Crippen LogP contribution in [0.25, 0.3) is 0 Å². The van der Waals surface area contributed by atoms with E-state index in [0.717, 1.165) is 25.7 Å². The van der Waals surface area contributed by atoms with Crippen molar-refractivity contribution in [2.75, 3.05) is 6.61 Å². The highest BCUT2D eigenvalue weighted by molar-refractivity contribution is 9.10. The summed E-state index contributed by atoms with van der Waals surface area (Å²) in [6.45, 7) is 3.76. The summed E-state index contributed by atoms with van der Waals surface area (Å²) >= 11 is 3.30. The third kappa shape index (κ3) is 4.15. The van der Waals surface area contributed by atoms with E-state index in [9.17, 15) is 9.59 Å². The molecule has 0 radical (unpaired) electrons. The molecule has 96 valence electrons. The van der Waals surface area contributed by atoms with Crippen LogP contribution in [0.1, 0.15) is 25.7 Å². The van der Waals surface area contributed by atoms with Crippen molar-refractivity contribution < 1.29 is 14.3 Å². The van der Waals surface area contributed by atoms with Gasteiger partial charge >= 0.3 is 5.97 Å². The van der Waals surface area contributed by atoms with Crippen LogP contribution in [0.4, 0.5) is 0 Å². The molecule has 1 aliphatic rings. The van der Waals surface area contributed by atoms with Gasteiger partial charge < -0.3 is 10.5 Å². The Hall–Kier alpha value is -0.840. The van der Waals surface area contributed by atoms with E-state index >= 15 is 0 Å². The van der Waals surface area contributed by atoms with Gasteiger partial charge in [-0.05, 0) is 31.6 Å². The largest absolute Gasteiger partial charge is 0.461 e. The zero-order valence-corrected chi connectivity index (χ0v) is 11.3. The van der Waals surface area contributed by atoms with Crippen LogP contribution in [-0.4, -0.2) is 23.3 Å². The van der Waals surface area contributed by atoms with Crippen LogP contribution in [0, 0.1) is 11.8 Å². The van der Waals surface area contributed by atoms with E-state index in [1.807, 2.05) is 0 Å². The minimum Gasteiger partial charge on any atom is -0.461 e. The van der Waals surface area contributed by atoms with Gasteiger partial charge in [0, 0.05) is 0 Å². The fourth-order valence-corrected chi connectivity index (χ4v) is 2.67. The van der Waals surface area contributed by atoms with Gasteiger partial charge in [0.05, 0.1) is 10.7 Å². The zero-order valence-electron chi connectivity index (χ0n) is 9.73. The van der Waals surface area contributed by atoms with Crippen molar-refractivity contribution in [2.24, 2.45) is 17.6 Å². The zero-order chi connectivity index (χ0) is 12.8. The lowest BCUT2D eigenvalue weighted by atomic mass is 9.80. The summed E-state index contributed by atoms with van der Waals surface area (Å²) in [6, 6.07) is 0. The Bertz CT molecular complexity index is 298. The highest BCUT2D eigenvalue weighted by atomic mass is 79.9. The van der Waals surface area contributed by atoms with Crippen LogP contribution in [0.3, 0.4) is 0 Å². The Morgan fingerprint density at radius 3 is 2.47 bits per heavy atom. The lowest BCUT2D eigenvalue weighted by molar-refractivity contribution is -0.148. The Kier molecular flexibility index (Phi) is 5.68. The number of ether oxygens (including phenoxy) is 1. The summed E-state index contributed by atoms with van der Waals surface area (Å²) in [5.41, 5.74) is 5.24. The second kappa shape index (κ2) is 6.79. The van der Waals surface area contributed by atoms with Crippen LogP contribution in [0.2, 0.25) is 0 Å². The molecule has 1 atom stereocenters. The van der Waals surface area contributed by atoms with E-state index in [4.69, 9.17) is 10.5 Å². The van der Waals surface area contributed by atoms with Crippen LogP contribution >= 0.6 is 15.9 Å². The van der Waals surface area contributed by atoms with Gasteiger partial charge in [-0.1, -0.05) is 28.6 Å². The molecular formula is C12H18BrNO3. The molecule has 0 saturated heterocycles. The molecule has 2 N–H and O–H groups in total. The van der Waals surface area contributed by atoms with Crippen LogP contribution in [-0.2, 0) is 14.3 Å². The number of nitrogens with two attached hydrogens (primary N) is 1. The molecule has 17 heavy (non-hydrogen) atoms. The van der Waals surface area contributed by atoms with Gasteiger partial charge in [0.25, 0.3) is 0 Å². The highest BCUT2D eigenvalue weighted by Crippen LogP contribution is 2.34. The van der Waals surface area contributed by atoms with Crippen molar-refractivity contribution in [1.82, 2.24) is 0 Å². The van der Waals surface area contributed by atoms with Gasteiger partial charge in [-0.25, -0.2) is 0 Å². The Morgan fingerprint density at radius 2 is 2.00 bits per heavy atom. The van der Waals surface area contributed by atoms with Crippen molar-refractivity contribution >= 4 is 27.8 Å². The normalized spacial score (nSPS) is 25.9. The standard InChI is InChI=1S/C12H18BrNO3/c1-2-7-17-12(16)9-5-3-8(4-6-9)10(13)11(14)15/h2,8-10H,1,3-7H2,(H2,14,15). The predicted molar refractivity (Wildman–Crippen MR) is 68.5 cm³/mol. The van der Waals surface area contributed by atoms with Gasteiger partial charge in [0.15, 0.2) is 0 Å². The van der Waals surface area contributed by atoms with Crippen molar-refractivity contribution in [3.63, 3.8) is 0 Å². The van der Waals surface area contributed by atoms with Crippen molar-refractivity contribution in [1.29, 1.82) is 0 Å². The minimum atomic E-state index is -0.331. The number of hydrogen-bond acceptors (Lipinski definition) is 3. The number of primary amides is 1. The summed E-state index contributed by atoms with van der Waals surface area (Å²) in [6.07, 6.45) is 4.73. The summed E-state index contributed by atoms with van der Waals surface area (Å²) in [5, 5.41) is 0.